The Kier molecular flexibility index (Phi) is 6.02. The minimum absolute atomic E-state index is 0.0559. The van der Waals surface area contributed by atoms with E-state index in [-0.39, 0.29) is 32.7 Å². The Hall–Kier alpha value is -0.860. The minimum Gasteiger partial charge on any atom is -0.382 e. The van der Waals surface area contributed by atoms with Crippen LogP contribution in [-0.2, 0) is 14.3 Å². The summed E-state index contributed by atoms with van der Waals surface area (Å²) >= 11 is 0. The summed E-state index contributed by atoms with van der Waals surface area (Å²) in [5.74, 6) is -0.986. The van der Waals surface area contributed by atoms with Crippen LogP contribution in [0.1, 0.15) is 6.42 Å². The van der Waals surface area contributed by atoms with Gasteiger partial charge in [-0.2, -0.15) is 13.2 Å². The number of hydrogen-bond acceptors (Lipinski definition) is 4. The van der Waals surface area contributed by atoms with E-state index in [9.17, 15) is 18.0 Å². The number of ether oxygens (including phenoxy) is 2. The molecule has 1 aliphatic rings. The first-order chi connectivity index (χ1) is 8.94. The molecule has 1 atom stereocenters. The Morgan fingerprint density at radius 3 is 2.63 bits per heavy atom. The lowest BCUT2D eigenvalue weighted by atomic mass is 9.85. The highest BCUT2D eigenvalue weighted by atomic mass is 19.4. The van der Waals surface area contributed by atoms with E-state index in [1.807, 2.05) is 0 Å². The summed E-state index contributed by atoms with van der Waals surface area (Å²) in [6.07, 6.45) is -4.77. The molecule has 1 heterocycles. The lowest BCUT2D eigenvalue weighted by molar-refractivity contribution is -0.216. The maximum Gasteiger partial charge on any atom is 0.404 e. The molecule has 1 rings (SSSR count). The average Bonchev–Trinajstić information content (AvgIpc) is 2.83. The van der Waals surface area contributed by atoms with Crippen LogP contribution >= 0.6 is 0 Å². The molecule has 0 saturated carbocycles. The fourth-order valence-electron chi connectivity index (χ4n) is 1.91. The molecular formula is C11H19F3N2O3. The molecule has 0 radical (unpaired) electrons. The van der Waals surface area contributed by atoms with Crippen LogP contribution in [0.25, 0.3) is 0 Å². The molecule has 1 saturated heterocycles. The normalized spacial score (nSPS) is 23.6. The molecule has 5 nitrogen and oxygen atoms in total. The van der Waals surface area contributed by atoms with Gasteiger partial charge in [-0.1, -0.05) is 0 Å². The predicted octanol–water partition coefficient (Wildman–Crippen LogP) is 0.308. The number of amides is 1. The van der Waals surface area contributed by atoms with Crippen molar-refractivity contribution in [1.29, 1.82) is 0 Å². The molecule has 19 heavy (non-hydrogen) atoms. The highest BCUT2D eigenvalue weighted by Crippen LogP contribution is 2.43. The molecule has 2 N–H and O–H groups in total. The second kappa shape index (κ2) is 7.06. The summed E-state index contributed by atoms with van der Waals surface area (Å²) in [5.41, 5.74) is -2.31. The minimum atomic E-state index is -4.54. The van der Waals surface area contributed by atoms with E-state index in [0.29, 0.717) is 13.2 Å². The number of alkyl halides is 3. The number of carbonyl (C=O) groups is 1. The molecular weight excluding hydrogens is 265 g/mol. The Labute approximate surface area is 109 Å². The van der Waals surface area contributed by atoms with Gasteiger partial charge in [0.1, 0.15) is 0 Å². The Morgan fingerprint density at radius 2 is 2.11 bits per heavy atom. The van der Waals surface area contributed by atoms with Gasteiger partial charge in [-0.15, -0.1) is 0 Å². The van der Waals surface area contributed by atoms with Crippen LogP contribution in [0.4, 0.5) is 13.2 Å². The summed E-state index contributed by atoms with van der Waals surface area (Å²) in [7, 11) is 1.52. The number of rotatable bonds is 7. The molecule has 8 heteroatoms. The third kappa shape index (κ3) is 4.05. The van der Waals surface area contributed by atoms with Crippen molar-refractivity contribution in [2.24, 2.45) is 5.41 Å². The van der Waals surface area contributed by atoms with Crippen molar-refractivity contribution in [2.75, 3.05) is 46.6 Å². The fraction of sp³-hybridized carbons (Fsp3) is 0.909. The second-order valence-corrected chi connectivity index (χ2v) is 4.37. The highest BCUT2D eigenvalue weighted by Gasteiger charge is 2.61. The third-order valence-corrected chi connectivity index (χ3v) is 3.10. The van der Waals surface area contributed by atoms with E-state index in [0.717, 1.165) is 0 Å². The number of halogens is 3. The zero-order valence-corrected chi connectivity index (χ0v) is 10.8. The lowest BCUT2D eigenvalue weighted by Gasteiger charge is -2.29. The molecule has 1 aliphatic heterocycles. The quantitative estimate of drug-likeness (QED) is 0.661. The van der Waals surface area contributed by atoms with Crippen LogP contribution in [0.2, 0.25) is 0 Å². The zero-order chi connectivity index (χ0) is 14.4. The summed E-state index contributed by atoms with van der Waals surface area (Å²) in [5, 5.41) is 4.87. The van der Waals surface area contributed by atoms with E-state index in [1.54, 1.807) is 0 Å². The van der Waals surface area contributed by atoms with Crippen LogP contribution in [-0.4, -0.2) is 58.6 Å². The molecule has 1 amide bonds. The van der Waals surface area contributed by atoms with E-state index in [4.69, 9.17) is 9.47 Å². The van der Waals surface area contributed by atoms with Crippen LogP contribution in [0.3, 0.4) is 0 Å². The predicted molar refractivity (Wildman–Crippen MR) is 61.7 cm³/mol. The Morgan fingerprint density at radius 1 is 1.37 bits per heavy atom. The van der Waals surface area contributed by atoms with E-state index < -0.39 is 17.5 Å². The SMILES string of the molecule is COCCOCCNC(=O)C1(C(F)(F)F)CCNC1. The second-order valence-electron chi connectivity index (χ2n) is 4.37. The van der Waals surface area contributed by atoms with Crippen molar-refractivity contribution in [1.82, 2.24) is 10.6 Å². The molecule has 0 aliphatic carbocycles. The molecule has 1 unspecified atom stereocenters. The van der Waals surface area contributed by atoms with Crippen molar-refractivity contribution in [3.63, 3.8) is 0 Å². The van der Waals surface area contributed by atoms with Crippen LogP contribution in [0.15, 0.2) is 0 Å². The summed E-state index contributed by atoms with van der Waals surface area (Å²) in [4.78, 5) is 11.8. The zero-order valence-electron chi connectivity index (χ0n) is 10.8. The topological polar surface area (TPSA) is 59.6 Å². The lowest BCUT2D eigenvalue weighted by Crippen LogP contribution is -2.52. The fourth-order valence-corrected chi connectivity index (χ4v) is 1.91. The Bertz CT molecular complexity index is 291. The first-order valence-corrected chi connectivity index (χ1v) is 6.06. The average molecular weight is 284 g/mol. The van der Waals surface area contributed by atoms with E-state index >= 15 is 0 Å². The number of carbonyl (C=O) groups excluding carboxylic acids is 1. The molecule has 112 valence electrons. The van der Waals surface area contributed by atoms with Crippen LogP contribution in [0, 0.1) is 5.41 Å². The monoisotopic (exact) mass is 284 g/mol. The van der Waals surface area contributed by atoms with Crippen molar-refractivity contribution in [3.8, 4) is 0 Å². The molecule has 1 fully saturated rings. The van der Waals surface area contributed by atoms with Gasteiger partial charge in [0.05, 0.1) is 19.8 Å². The number of methoxy groups -OCH3 is 1. The van der Waals surface area contributed by atoms with Crippen molar-refractivity contribution >= 4 is 5.91 Å². The van der Waals surface area contributed by atoms with E-state index in [2.05, 4.69) is 10.6 Å². The van der Waals surface area contributed by atoms with Gasteiger partial charge in [0.25, 0.3) is 0 Å². The largest absolute Gasteiger partial charge is 0.404 e. The van der Waals surface area contributed by atoms with Crippen molar-refractivity contribution in [3.05, 3.63) is 0 Å². The van der Waals surface area contributed by atoms with Crippen LogP contribution in [0.5, 0.6) is 0 Å². The number of hydrogen-bond donors (Lipinski definition) is 2. The standard InChI is InChI=1S/C11H19F3N2O3/c1-18-6-7-19-5-4-16-9(17)10(11(12,13)14)2-3-15-8-10/h15H,2-8H2,1H3,(H,16,17). The molecule has 0 spiro atoms. The third-order valence-electron chi connectivity index (χ3n) is 3.10. The van der Waals surface area contributed by atoms with Gasteiger partial charge in [-0.3, -0.25) is 4.79 Å². The van der Waals surface area contributed by atoms with Gasteiger partial charge in [0.2, 0.25) is 5.91 Å². The molecule has 0 aromatic carbocycles. The molecule has 0 aromatic rings. The smallest absolute Gasteiger partial charge is 0.382 e. The van der Waals surface area contributed by atoms with Gasteiger partial charge >= 0.3 is 6.18 Å². The van der Waals surface area contributed by atoms with E-state index in [1.165, 1.54) is 7.11 Å². The molecule has 0 aromatic heterocycles. The molecule has 0 bridgehead atoms. The number of nitrogens with one attached hydrogen (secondary N) is 2. The summed E-state index contributed by atoms with van der Waals surface area (Å²) in [6.45, 7) is 0.795. The van der Waals surface area contributed by atoms with Gasteiger partial charge in [0, 0.05) is 20.2 Å². The van der Waals surface area contributed by atoms with Gasteiger partial charge in [0.15, 0.2) is 5.41 Å². The Balaban J connectivity index is 2.38. The highest BCUT2D eigenvalue weighted by molar-refractivity contribution is 5.84. The van der Waals surface area contributed by atoms with Crippen LogP contribution < -0.4 is 10.6 Å². The van der Waals surface area contributed by atoms with Gasteiger partial charge < -0.3 is 20.1 Å². The first kappa shape index (κ1) is 16.2. The van der Waals surface area contributed by atoms with Crippen molar-refractivity contribution < 1.29 is 27.4 Å². The maximum atomic E-state index is 13.0. The van der Waals surface area contributed by atoms with Gasteiger partial charge in [-0.05, 0) is 13.0 Å². The van der Waals surface area contributed by atoms with Gasteiger partial charge in [-0.25, -0.2) is 0 Å². The summed E-state index contributed by atoms with van der Waals surface area (Å²) in [6, 6.07) is 0. The summed E-state index contributed by atoms with van der Waals surface area (Å²) < 4.78 is 48.8. The first-order valence-electron chi connectivity index (χ1n) is 6.06. The van der Waals surface area contributed by atoms with Crippen molar-refractivity contribution in [2.45, 2.75) is 12.6 Å². The maximum absolute atomic E-state index is 13.0.